The van der Waals surface area contributed by atoms with Gasteiger partial charge in [-0.3, -0.25) is 4.79 Å². The summed E-state index contributed by atoms with van der Waals surface area (Å²) in [6, 6.07) is 4.26. The van der Waals surface area contributed by atoms with Crippen molar-refractivity contribution in [3.8, 4) is 5.75 Å². The number of phenols is 1. The molecule has 1 rings (SSSR count). The van der Waals surface area contributed by atoms with E-state index in [2.05, 4.69) is 0 Å². The quantitative estimate of drug-likeness (QED) is 0.774. The third-order valence-electron chi connectivity index (χ3n) is 2.39. The van der Waals surface area contributed by atoms with E-state index >= 15 is 0 Å². The number of halogens is 1. The van der Waals surface area contributed by atoms with Crippen LogP contribution in [0.15, 0.2) is 18.2 Å². The molecule has 6 heteroatoms. The van der Waals surface area contributed by atoms with E-state index in [9.17, 15) is 20.1 Å². The molecule has 0 aliphatic heterocycles. The number of carbonyl (C=O) groups is 1. The van der Waals surface area contributed by atoms with Crippen LogP contribution in [0.4, 0.5) is 0 Å². The fraction of sp³-hybridized carbons (Fsp3) is 0.417. The van der Waals surface area contributed by atoms with Crippen LogP contribution in [0.25, 0.3) is 0 Å². The number of benzene rings is 1. The van der Waals surface area contributed by atoms with E-state index < -0.39 is 12.2 Å². The van der Waals surface area contributed by atoms with E-state index in [1.807, 2.05) is 0 Å². The molecule has 0 bridgehead atoms. The lowest BCUT2D eigenvalue weighted by Crippen LogP contribution is -2.19. The number of thioether (sulfide) groups is 1. The van der Waals surface area contributed by atoms with Crippen molar-refractivity contribution in [3.05, 3.63) is 28.8 Å². The summed E-state index contributed by atoms with van der Waals surface area (Å²) < 4.78 is 0. The molecule has 2 atom stereocenters. The molecule has 1 aromatic rings. The van der Waals surface area contributed by atoms with Gasteiger partial charge in [-0.15, -0.1) is 0 Å². The zero-order chi connectivity index (χ0) is 13.7. The fourth-order valence-corrected chi connectivity index (χ4v) is 2.28. The summed E-state index contributed by atoms with van der Waals surface area (Å²) in [6.07, 6.45) is -2.03. The zero-order valence-corrected chi connectivity index (χ0v) is 11.4. The van der Waals surface area contributed by atoms with Gasteiger partial charge in [0.2, 0.25) is 0 Å². The standard InChI is InChI=1S/C12H15ClO4S/c1-7(14)18-5-4-11(16)12(17)9-6-8(13)2-3-10(9)15/h2-3,6,11-12,15-17H,4-5H2,1H3. The highest BCUT2D eigenvalue weighted by molar-refractivity contribution is 8.13. The summed E-state index contributed by atoms with van der Waals surface area (Å²) in [5.74, 6) is 0.291. The van der Waals surface area contributed by atoms with Crippen molar-refractivity contribution >= 4 is 28.5 Å². The summed E-state index contributed by atoms with van der Waals surface area (Å²) in [4.78, 5) is 10.7. The molecule has 3 N–H and O–H groups in total. The van der Waals surface area contributed by atoms with E-state index in [1.54, 1.807) is 0 Å². The second-order valence-corrected chi connectivity index (χ2v) is 5.55. The summed E-state index contributed by atoms with van der Waals surface area (Å²) >= 11 is 6.84. The van der Waals surface area contributed by atoms with Crippen LogP contribution < -0.4 is 0 Å². The molecule has 18 heavy (non-hydrogen) atoms. The largest absolute Gasteiger partial charge is 0.508 e. The first kappa shape index (κ1) is 15.3. The van der Waals surface area contributed by atoms with Gasteiger partial charge in [0, 0.05) is 23.3 Å². The third-order valence-corrected chi connectivity index (χ3v) is 3.47. The lowest BCUT2D eigenvalue weighted by atomic mass is 10.0. The molecule has 0 radical (unpaired) electrons. The van der Waals surface area contributed by atoms with Crippen molar-refractivity contribution < 1.29 is 20.1 Å². The summed E-state index contributed by atoms with van der Waals surface area (Å²) in [6.45, 7) is 1.44. The van der Waals surface area contributed by atoms with E-state index in [0.29, 0.717) is 10.8 Å². The van der Waals surface area contributed by atoms with E-state index in [4.69, 9.17) is 11.6 Å². The predicted molar refractivity (Wildman–Crippen MR) is 71.8 cm³/mol. The van der Waals surface area contributed by atoms with Gasteiger partial charge in [0.25, 0.3) is 0 Å². The molecule has 0 fully saturated rings. The monoisotopic (exact) mass is 290 g/mol. The highest BCUT2D eigenvalue weighted by Crippen LogP contribution is 2.30. The number of phenolic OH excluding ortho intramolecular Hbond substituents is 1. The van der Waals surface area contributed by atoms with E-state index in [0.717, 1.165) is 11.8 Å². The normalized spacial score (nSPS) is 14.2. The molecule has 0 spiro atoms. The highest BCUT2D eigenvalue weighted by atomic mass is 35.5. The second-order valence-electron chi connectivity index (χ2n) is 3.84. The van der Waals surface area contributed by atoms with Crippen molar-refractivity contribution in [1.29, 1.82) is 0 Å². The molecule has 0 saturated carbocycles. The maximum atomic E-state index is 10.7. The van der Waals surface area contributed by atoms with Crippen LogP contribution in [0.2, 0.25) is 5.02 Å². The van der Waals surface area contributed by atoms with Gasteiger partial charge >= 0.3 is 0 Å². The van der Waals surface area contributed by atoms with Crippen LogP contribution in [0.1, 0.15) is 25.0 Å². The van der Waals surface area contributed by atoms with Crippen molar-refractivity contribution in [2.24, 2.45) is 0 Å². The van der Waals surface area contributed by atoms with Crippen molar-refractivity contribution in [2.75, 3.05) is 5.75 Å². The Morgan fingerprint density at radius 3 is 2.72 bits per heavy atom. The van der Waals surface area contributed by atoms with Crippen molar-refractivity contribution in [1.82, 2.24) is 0 Å². The Kier molecular flexibility index (Phi) is 5.95. The molecule has 0 saturated heterocycles. The van der Waals surface area contributed by atoms with E-state index in [1.165, 1.54) is 25.1 Å². The van der Waals surface area contributed by atoms with Crippen LogP contribution in [-0.2, 0) is 4.79 Å². The van der Waals surface area contributed by atoms with Crippen molar-refractivity contribution in [2.45, 2.75) is 25.6 Å². The van der Waals surface area contributed by atoms with Gasteiger partial charge in [-0.2, -0.15) is 0 Å². The Bertz CT molecular complexity index is 425. The summed E-state index contributed by atoms with van der Waals surface area (Å²) in [7, 11) is 0. The number of rotatable bonds is 5. The topological polar surface area (TPSA) is 77.8 Å². The van der Waals surface area contributed by atoms with Crippen LogP contribution in [0.3, 0.4) is 0 Å². The minimum atomic E-state index is -1.23. The Balaban J connectivity index is 2.64. The Hall–Kier alpha value is -0.750. The highest BCUT2D eigenvalue weighted by Gasteiger charge is 2.21. The third kappa shape index (κ3) is 4.49. The number of aromatic hydroxyl groups is 1. The molecule has 1 aromatic carbocycles. The summed E-state index contributed by atoms with van der Waals surface area (Å²) in [5.41, 5.74) is 0.183. The SMILES string of the molecule is CC(=O)SCCC(O)C(O)c1cc(Cl)ccc1O. The molecule has 0 amide bonds. The van der Waals surface area contributed by atoms with Gasteiger partial charge in [0.15, 0.2) is 5.12 Å². The zero-order valence-electron chi connectivity index (χ0n) is 9.84. The number of hydrogen-bond donors (Lipinski definition) is 3. The first-order chi connectivity index (χ1) is 8.41. The molecule has 2 unspecified atom stereocenters. The average molecular weight is 291 g/mol. The van der Waals surface area contributed by atoms with Crippen LogP contribution in [0.5, 0.6) is 5.75 Å². The Morgan fingerprint density at radius 2 is 2.11 bits per heavy atom. The van der Waals surface area contributed by atoms with Gasteiger partial charge in [-0.25, -0.2) is 0 Å². The van der Waals surface area contributed by atoms with Gasteiger partial charge < -0.3 is 15.3 Å². The number of aliphatic hydroxyl groups excluding tert-OH is 2. The van der Waals surface area contributed by atoms with Crippen LogP contribution >= 0.6 is 23.4 Å². The maximum Gasteiger partial charge on any atom is 0.185 e. The van der Waals surface area contributed by atoms with Crippen molar-refractivity contribution in [3.63, 3.8) is 0 Å². The Morgan fingerprint density at radius 1 is 1.44 bits per heavy atom. The number of carbonyl (C=O) groups excluding carboxylic acids is 1. The molecule has 4 nitrogen and oxygen atoms in total. The summed E-state index contributed by atoms with van der Waals surface area (Å²) in [5, 5.41) is 29.6. The number of hydrogen-bond acceptors (Lipinski definition) is 5. The number of aliphatic hydroxyl groups is 2. The minimum absolute atomic E-state index is 0.0395. The molecular weight excluding hydrogens is 276 g/mol. The molecule has 0 aliphatic rings. The van der Waals surface area contributed by atoms with Gasteiger partial charge in [0.1, 0.15) is 11.9 Å². The molecule has 0 aliphatic carbocycles. The smallest absolute Gasteiger partial charge is 0.185 e. The molecular formula is C12H15ClO4S. The lowest BCUT2D eigenvalue weighted by molar-refractivity contribution is -0.109. The first-order valence-electron chi connectivity index (χ1n) is 5.39. The maximum absolute atomic E-state index is 10.7. The fourth-order valence-electron chi connectivity index (χ4n) is 1.45. The van der Waals surface area contributed by atoms with Crippen LogP contribution in [0, 0.1) is 0 Å². The molecule has 0 heterocycles. The van der Waals surface area contributed by atoms with Gasteiger partial charge in [-0.05, 0) is 24.6 Å². The van der Waals surface area contributed by atoms with Gasteiger partial charge in [0.05, 0.1) is 6.10 Å². The molecule has 100 valence electrons. The minimum Gasteiger partial charge on any atom is -0.508 e. The second kappa shape index (κ2) is 6.99. The average Bonchev–Trinajstić information content (AvgIpc) is 2.30. The lowest BCUT2D eigenvalue weighted by Gasteiger charge is -2.18. The predicted octanol–water partition coefficient (Wildman–Crippen LogP) is 2.11. The molecule has 0 aromatic heterocycles. The van der Waals surface area contributed by atoms with Gasteiger partial charge in [-0.1, -0.05) is 23.4 Å². The van der Waals surface area contributed by atoms with E-state index in [-0.39, 0.29) is 22.8 Å². The Labute approximate surface area is 115 Å². The van der Waals surface area contributed by atoms with Crippen LogP contribution in [-0.4, -0.2) is 32.3 Å². The first-order valence-corrected chi connectivity index (χ1v) is 6.76.